The molecular weight excluding hydrogens is 274 g/mol. The first-order valence-electron chi connectivity index (χ1n) is 7.82. The molecule has 2 aromatic rings. The van der Waals surface area contributed by atoms with Crippen LogP contribution in [0.1, 0.15) is 36.1 Å². The van der Waals surface area contributed by atoms with Gasteiger partial charge in [0.1, 0.15) is 5.75 Å². The zero-order valence-electron chi connectivity index (χ0n) is 13.3. The van der Waals surface area contributed by atoms with Crippen LogP contribution in [0.25, 0.3) is 0 Å². The molecule has 0 spiro atoms. The second-order valence-corrected chi connectivity index (χ2v) is 5.87. The summed E-state index contributed by atoms with van der Waals surface area (Å²) in [6, 6.07) is 15.3. The highest BCUT2D eigenvalue weighted by Crippen LogP contribution is 2.19. The van der Waals surface area contributed by atoms with Crippen LogP contribution in [-0.4, -0.2) is 22.8 Å². The van der Waals surface area contributed by atoms with Gasteiger partial charge in [0.2, 0.25) is 0 Å². The fraction of sp³-hybridized carbons (Fsp3) is 0.368. The van der Waals surface area contributed by atoms with Crippen molar-refractivity contribution in [3.63, 3.8) is 0 Å². The van der Waals surface area contributed by atoms with Crippen LogP contribution in [0.5, 0.6) is 5.75 Å². The van der Waals surface area contributed by atoms with E-state index in [0.717, 1.165) is 24.9 Å². The Balaban J connectivity index is 1.74. The fourth-order valence-corrected chi connectivity index (χ4v) is 2.45. The van der Waals surface area contributed by atoms with E-state index < -0.39 is 6.10 Å². The first-order chi connectivity index (χ1) is 10.6. The minimum absolute atomic E-state index is 0.0254. The second kappa shape index (κ2) is 7.97. The Morgan fingerprint density at radius 2 is 1.64 bits per heavy atom. The summed E-state index contributed by atoms with van der Waals surface area (Å²) in [5.41, 5.74) is 3.45. The zero-order valence-corrected chi connectivity index (χ0v) is 13.3. The molecule has 0 aliphatic carbocycles. The molecule has 0 heterocycles. The summed E-state index contributed by atoms with van der Waals surface area (Å²) in [7, 11) is 0. The molecule has 3 nitrogen and oxygen atoms in total. The van der Waals surface area contributed by atoms with Gasteiger partial charge in [0, 0.05) is 6.04 Å². The molecule has 3 heteroatoms. The van der Waals surface area contributed by atoms with Crippen molar-refractivity contribution in [1.29, 1.82) is 0 Å². The summed E-state index contributed by atoms with van der Waals surface area (Å²) >= 11 is 0. The zero-order chi connectivity index (χ0) is 15.9. The molecule has 2 unspecified atom stereocenters. The number of aryl methyl sites for hydroxylation is 2. The highest BCUT2D eigenvalue weighted by atomic mass is 16.3. The molecule has 0 saturated carbocycles. The normalized spacial score (nSPS) is 13.8. The SMILES string of the molecule is Cc1ccc(CCCNC(C)C(O)c2ccc(O)cc2)cc1. The Morgan fingerprint density at radius 3 is 2.27 bits per heavy atom. The van der Waals surface area contributed by atoms with Crippen LogP contribution in [0.3, 0.4) is 0 Å². The van der Waals surface area contributed by atoms with Gasteiger partial charge in [0.05, 0.1) is 6.10 Å². The minimum atomic E-state index is -0.569. The number of phenolic OH excluding ortho intramolecular Hbond substituents is 1. The summed E-state index contributed by atoms with van der Waals surface area (Å²) < 4.78 is 0. The third kappa shape index (κ3) is 4.86. The van der Waals surface area contributed by atoms with Crippen molar-refractivity contribution < 1.29 is 10.2 Å². The Hall–Kier alpha value is -1.84. The van der Waals surface area contributed by atoms with Gasteiger partial charge in [-0.2, -0.15) is 0 Å². The van der Waals surface area contributed by atoms with Crippen LogP contribution in [0.2, 0.25) is 0 Å². The van der Waals surface area contributed by atoms with Crippen molar-refractivity contribution >= 4 is 0 Å². The topological polar surface area (TPSA) is 52.5 Å². The minimum Gasteiger partial charge on any atom is -0.508 e. The Bertz CT molecular complexity index is 563. The van der Waals surface area contributed by atoms with Crippen molar-refractivity contribution in [2.75, 3.05) is 6.54 Å². The predicted molar refractivity (Wildman–Crippen MR) is 90.0 cm³/mol. The number of nitrogens with one attached hydrogen (secondary N) is 1. The molecule has 0 amide bonds. The lowest BCUT2D eigenvalue weighted by atomic mass is 10.0. The van der Waals surface area contributed by atoms with Crippen LogP contribution in [-0.2, 0) is 6.42 Å². The lowest BCUT2D eigenvalue weighted by Crippen LogP contribution is -2.33. The van der Waals surface area contributed by atoms with Gasteiger partial charge in [-0.3, -0.25) is 0 Å². The van der Waals surface area contributed by atoms with E-state index in [0.29, 0.717) is 0 Å². The predicted octanol–water partition coefficient (Wildman–Crippen LogP) is 3.34. The maximum Gasteiger partial charge on any atom is 0.115 e. The highest BCUT2D eigenvalue weighted by molar-refractivity contribution is 5.27. The number of benzene rings is 2. The summed E-state index contributed by atoms with van der Waals surface area (Å²) in [5.74, 6) is 0.217. The number of phenols is 1. The first-order valence-corrected chi connectivity index (χ1v) is 7.82. The molecule has 118 valence electrons. The Labute approximate surface area is 132 Å². The van der Waals surface area contributed by atoms with E-state index in [1.165, 1.54) is 11.1 Å². The summed E-state index contributed by atoms with van der Waals surface area (Å²) in [4.78, 5) is 0. The molecule has 22 heavy (non-hydrogen) atoms. The van der Waals surface area contributed by atoms with Gasteiger partial charge < -0.3 is 15.5 Å². The number of aliphatic hydroxyl groups is 1. The number of aromatic hydroxyl groups is 1. The van der Waals surface area contributed by atoms with Crippen LogP contribution >= 0.6 is 0 Å². The van der Waals surface area contributed by atoms with Crippen molar-refractivity contribution in [1.82, 2.24) is 5.32 Å². The molecule has 0 bridgehead atoms. The van der Waals surface area contributed by atoms with Crippen molar-refractivity contribution in [3.05, 3.63) is 65.2 Å². The van der Waals surface area contributed by atoms with Crippen LogP contribution < -0.4 is 5.32 Å². The van der Waals surface area contributed by atoms with Crippen LogP contribution in [0.15, 0.2) is 48.5 Å². The van der Waals surface area contributed by atoms with E-state index in [2.05, 4.69) is 36.5 Å². The van der Waals surface area contributed by atoms with Crippen molar-refractivity contribution in [3.8, 4) is 5.75 Å². The van der Waals surface area contributed by atoms with Gasteiger partial charge in [-0.05, 0) is 56.5 Å². The molecule has 0 radical (unpaired) electrons. The molecule has 2 atom stereocenters. The molecule has 0 fully saturated rings. The maximum atomic E-state index is 10.3. The first kappa shape index (κ1) is 16.5. The van der Waals surface area contributed by atoms with E-state index in [1.807, 2.05) is 6.92 Å². The van der Waals surface area contributed by atoms with E-state index in [-0.39, 0.29) is 11.8 Å². The van der Waals surface area contributed by atoms with E-state index in [1.54, 1.807) is 24.3 Å². The second-order valence-electron chi connectivity index (χ2n) is 5.87. The largest absolute Gasteiger partial charge is 0.508 e. The van der Waals surface area contributed by atoms with E-state index in [4.69, 9.17) is 0 Å². The molecule has 0 aromatic heterocycles. The average Bonchev–Trinajstić information content (AvgIpc) is 2.53. The summed E-state index contributed by atoms with van der Waals surface area (Å²) in [6.45, 7) is 4.94. The highest BCUT2D eigenvalue weighted by Gasteiger charge is 2.15. The van der Waals surface area contributed by atoms with Crippen molar-refractivity contribution in [2.24, 2.45) is 0 Å². The molecule has 0 saturated heterocycles. The number of rotatable bonds is 7. The van der Waals surface area contributed by atoms with E-state index in [9.17, 15) is 10.2 Å². The number of hydrogen-bond donors (Lipinski definition) is 3. The van der Waals surface area contributed by atoms with Gasteiger partial charge in [-0.15, -0.1) is 0 Å². The molecule has 0 aliphatic rings. The Kier molecular flexibility index (Phi) is 5.99. The smallest absolute Gasteiger partial charge is 0.115 e. The lowest BCUT2D eigenvalue weighted by Gasteiger charge is -2.20. The monoisotopic (exact) mass is 299 g/mol. The third-order valence-corrected chi connectivity index (χ3v) is 3.94. The van der Waals surface area contributed by atoms with Crippen LogP contribution in [0.4, 0.5) is 0 Å². The van der Waals surface area contributed by atoms with E-state index >= 15 is 0 Å². The molecule has 2 rings (SSSR count). The van der Waals surface area contributed by atoms with Gasteiger partial charge in [0.25, 0.3) is 0 Å². The van der Waals surface area contributed by atoms with Gasteiger partial charge >= 0.3 is 0 Å². The maximum absolute atomic E-state index is 10.3. The quantitative estimate of drug-likeness (QED) is 0.687. The average molecular weight is 299 g/mol. The summed E-state index contributed by atoms with van der Waals surface area (Å²) in [6.07, 6.45) is 1.50. The summed E-state index contributed by atoms with van der Waals surface area (Å²) in [5, 5.41) is 22.9. The molecule has 3 N–H and O–H groups in total. The fourth-order valence-electron chi connectivity index (χ4n) is 2.45. The molecule has 0 aliphatic heterocycles. The Morgan fingerprint density at radius 1 is 1.00 bits per heavy atom. The van der Waals surface area contributed by atoms with Crippen LogP contribution in [0, 0.1) is 6.92 Å². The molecular formula is C19H25NO2. The van der Waals surface area contributed by atoms with Gasteiger partial charge in [0.15, 0.2) is 0 Å². The lowest BCUT2D eigenvalue weighted by molar-refractivity contribution is 0.136. The number of hydrogen-bond acceptors (Lipinski definition) is 3. The third-order valence-electron chi connectivity index (χ3n) is 3.94. The van der Waals surface area contributed by atoms with Gasteiger partial charge in [-0.25, -0.2) is 0 Å². The van der Waals surface area contributed by atoms with Gasteiger partial charge in [-0.1, -0.05) is 42.0 Å². The number of aliphatic hydroxyl groups excluding tert-OH is 1. The standard InChI is InChI=1S/C19H25NO2/c1-14-5-7-16(8-6-14)4-3-13-20-15(2)19(22)17-9-11-18(21)12-10-17/h5-12,15,19-22H,3-4,13H2,1-2H3. The molecule has 2 aromatic carbocycles. The van der Waals surface area contributed by atoms with Crippen molar-refractivity contribution in [2.45, 2.75) is 38.8 Å².